The third-order valence-electron chi connectivity index (χ3n) is 6.59. The van der Waals surface area contributed by atoms with Gasteiger partial charge in [0.15, 0.2) is 6.21 Å². The molecule has 0 aliphatic rings. The average Bonchev–Trinajstić information content (AvgIpc) is 2.90. The van der Waals surface area contributed by atoms with E-state index in [4.69, 9.17) is 0 Å². The van der Waals surface area contributed by atoms with Crippen LogP contribution in [0.25, 0.3) is 5.57 Å². The minimum atomic E-state index is 1.01. The molecule has 0 aromatic heterocycles. The van der Waals surface area contributed by atoms with Gasteiger partial charge < -0.3 is 9.80 Å². The monoisotopic (exact) mass is 472 g/mol. The summed E-state index contributed by atoms with van der Waals surface area (Å²) in [5.74, 6) is 0. The molecule has 0 N–H and O–H groups in total. The van der Waals surface area contributed by atoms with Gasteiger partial charge in [-0.15, -0.1) is 0 Å². The van der Waals surface area contributed by atoms with Crippen LogP contribution < -0.4 is 9.80 Å². The molecule has 0 atom stereocenters. The molecule has 3 heteroatoms. The normalized spacial score (nSPS) is 11.2. The highest BCUT2D eigenvalue weighted by atomic mass is 15.1. The molecule has 0 aliphatic heterocycles. The molecule has 0 radical (unpaired) electrons. The van der Waals surface area contributed by atoms with Gasteiger partial charge in [-0.1, -0.05) is 36.4 Å². The van der Waals surface area contributed by atoms with E-state index in [0.717, 1.165) is 39.3 Å². The summed E-state index contributed by atoms with van der Waals surface area (Å²) >= 11 is 0. The van der Waals surface area contributed by atoms with Gasteiger partial charge in [0.25, 0.3) is 0 Å². The molecule has 0 spiro atoms. The van der Waals surface area contributed by atoms with Crippen molar-refractivity contribution in [1.29, 1.82) is 0 Å². The maximum atomic E-state index is 2.39. The van der Waals surface area contributed by atoms with Gasteiger partial charge in [0, 0.05) is 43.6 Å². The van der Waals surface area contributed by atoms with Crippen molar-refractivity contribution >= 4 is 23.2 Å². The van der Waals surface area contributed by atoms with Crippen molar-refractivity contribution in [2.45, 2.75) is 48.5 Å². The van der Waals surface area contributed by atoms with Gasteiger partial charge in [-0.05, 0) is 101 Å². The highest BCUT2D eigenvalue weighted by Gasteiger charge is 2.12. The Balaban J connectivity index is 2.66. The lowest BCUT2D eigenvalue weighted by molar-refractivity contribution is -0.515. The Morgan fingerprint density at radius 2 is 1.09 bits per heavy atom. The Morgan fingerprint density at radius 3 is 1.43 bits per heavy atom. The Labute approximate surface area is 214 Å². The topological polar surface area (TPSA) is 9.49 Å². The maximum absolute atomic E-state index is 2.39. The van der Waals surface area contributed by atoms with Crippen LogP contribution in [-0.2, 0) is 0 Å². The molecule has 0 saturated carbocycles. The van der Waals surface area contributed by atoms with Gasteiger partial charge in [0.2, 0.25) is 0 Å². The van der Waals surface area contributed by atoms with Crippen LogP contribution in [0.5, 0.6) is 0 Å². The van der Waals surface area contributed by atoms with E-state index in [1.807, 2.05) is 0 Å². The zero-order valence-corrected chi connectivity index (χ0v) is 23.1. The first-order valence-electron chi connectivity index (χ1n) is 13.4. The largest absolute Gasteiger partial charge is 0.372 e. The molecule has 0 heterocycles. The molecule has 0 aliphatic carbocycles. The third-order valence-corrected chi connectivity index (χ3v) is 6.59. The van der Waals surface area contributed by atoms with Gasteiger partial charge in [0.1, 0.15) is 13.1 Å². The average molecular weight is 473 g/mol. The van der Waals surface area contributed by atoms with Crippen molar-refractivity contribution < 1.29 is 4.58 Å². The Bertz CT molecular complexity index is 936. The minimum absolute atomic E-state index is 1.01. The number of nitrogens with zero attached hydrogens (tertiary/aromatic N) is 3. The number of benzene rings is 2. The van der Waals surface area contributed by atoms with Crippen LogP contribution in [0, 0.1) is 0 Å². The summed E-state index contributed by atoms with van der Waals surface area (Å²) in [6.07, 6.45) is 11.0. The fraction of sp³-hybridized carbons (Fsp3) is 0.406. The van der Waals surface area contributed by atoms with Crippen molar-refractivity contribution in [3.8, 4) is 0 Å². The molecule has 2 aromatic rings. The summed E-state index contributed by atoms with van der Waals surface area (Å²) in [5.41, 5.74) is 7.47. The predicted molar refractivity (Wildman–Crippen MR) is 157 cm³/mol. The van der Waals surface area contributed by atoms with E-state index in [2.05, 4.69) is 142 Å². The summed E-state index contributed by atoms with van der Waals surface area (Å²) in [7, 11) is 0. The Morgan fingerprint density at radius 1 is 0.657 bits per heavy atom. The van der Waals surface area contributed by atoms with E-state index in [1.54, 1.807) is 0 Å². The lowest BCUT2D eigenvalue weighted by Gasteiger charge is -2.23. The second kappa shape index (κ2) is 15.0. The van der Waals surface area contributed by atoms with Crippen molar-refractivity contribution in [2.75, 3.05) is 49.1 Å². The molecule has 0 unspecified atom stereocenters. The zero-order chi connectivity index (χ0) is 25.6. The van der Waals surface area contributed by atoms with E-state index in [1.165, 1.54) is 33.6 Å². The number of anilines is 2. The van der Waals surface area contributed by atoms with E-state index >= 15 is 0 Å². The molecule has 188 valence electrons. The minimum Gasteiger partial charge on any atom is -0.372 e. The summed E-state index contributed by atoms with van der Waals surface area (Å²) in [5, 5.41) is 0. The highest BCUT2D eigenvalue weighted by Crippen LogP contribution is 2.31. The summed E-state index contributed by atoms with van der Waals surface area (Å²) in [6.45, 7) is 21.4. The molecule has 3 nitrogen and oxygen atoms in total. The van der Waals surface area contributed by atoms with Gasteiger partial charge in [-0.25, -0.2) is 4.58 Å². The van der Waals surface area contributed by atoms with Crippen LogP contribution in [0.15, 0.2) is 78.4 Å². The summed E-state index contributed by atoms with van der Waals surface area (Å²) < 4.78 is 2.31. The highest BCUT2D eigenvalue weighted by molar-refractivity contribution is 5.87. The predicted octanol–water partition coefficient (Wildman–Crippen LogP) is 7.44. The second-order valence-electron chi connectivity index (χ2n) is 8.50. The first-order valence-corrected chi connectivity index (χ1v) is 13.4. The van der Waals surface area contributed by atoms with Crippen molar-refractivity contribution in [3.63, 3.8) is 0 Å². The van der Waals surface area contributed by atoms with E-state index < -0.39 is 0 Å². The molecule has 2 aromatic carbocycles. The molecule has 35 heavy (non-hydrogen) atoms. The Hall–Kier alpha value is -3.07. The molecule has 0 saturated heterocycles. The van der Waals surface area contributed by atoms with Crippen LogP contribution >= 0.6 is 0 Å². The fourth-order valence-corrected chi connectivity index (χ4v) is 4.46. The Kier molecular flexibility index (Phi) is 12.1. The van der Waals surface area contributed by atoms with Gasteiger partial charge in [-0.2, -0.15) is 0 Å². The SMILES string of the molecule is C/C=C\C(C=CC=[N+](CC)CC)=C(c1ccc(N(CC)CC)cc1)c1ccc(N(CC)CC)cc1. The fourth-order valence-electron chi connectivity index (χ4n) is 4.46. The second-order valence-corrected chi connectivity index (χ2v) is 8.50. The lowest BCUT2D eigenvalue weighted by atomic mass is 9.92. The number of hydrogen-bond donors (Lipinski definition) is 0. The molecule has 2 rings (SSSR count). The lowest BCUT2D eigenvalue weighted by Crippen LogP contribution is -2.21. The van der Waals surface area contributed by atoms with Gasteiger partial charge in [-0.3, -0.25) is 0 Å². The molecular weight excluding hydrogens is 426 g/mol. The van der Waals surface area contributed by atoms with Crippen LogP contribution in [0.2, 0.25) is 0 Å². The van der Waals surface area contributed by atoms with Gasteiger partial charge in [0.05, 0.1) is 0 Å². The summed E-state index contributed by atoms with van der Waals surface area (Å²) in [6, 6.07) is 18.1. The van der Waals surface area contributed by atoms with E-state index in [9.17, 15) is 0 Å². The van der Waals surface area contributed by atoms with Crippen LogP contribution in [0.1, 0.15) is 59.6 Å². The number of allylic oxidation sites excluding steroid dienone is 5. The van der Waals surface area contributed by atoms with Gasteiger partial charge >= 0.3 is 0 Å². The quantitative estimate of drug-likeness (QED) is 0.170. The molecular formula is C32H46N3+. The zero-order valence-electron chi connectivity index (χ0n) is 23.1. The standard InChI is InChI=1S/C32H46N3/c1-8-16-27(17-15-26-33(9-2)10-3)32(28-18-22-30(23-19-28)34(11-4)12-5)29-20-24-31(25-21-29)35(13-6)14-7/h8,15-26H,9-14H2,1-7H3/q+1/b16-8-. The molecule has 0 bridgehead atoms. The van der Waals surface area contributed by atoms with E-state index in [-0.39, 0.29) is 0 Å². The smallest absolute Gasteiger partial charge is 0.163 e. The maximum Gasteiger partial charge on any atom is 0.163 e. The first-order chi connectivity index (χ1) is 17.1. The third kappa shape index (κ3) is 7.71. The number of rotatable bonds is 13. The molecule has 0 amide bonds. The van der Waals surface area contributed by atoms with E-state index in [0.29, 0.717) is 0 Å². The number of hydrogen-bond acceptors (Lipinski definition) is 2. The van der Waals surface area contributed by atoms with Crippen molar-refractivity contribution in [3.05, 3.63) is 89.5 Å². The van der Waals surface area contributed by atoms with Crippen LogP contribution in [0.4, 0.5) is 11.4 Å². The van der Waals surface area contributed by atoms with Crippen molar-refractivity contribution in [1.82, 2.24) is 0 Å². The molecule has 0 fully saturated rings. The summed E-state index contributed by atoms with van der Waals surface area (Å²) in [4.78, 5) is 4.77. The van der Waals surface area contributed by atoms with Crippen molar-refractivity contribution in [2.24, 2.45) is 0 Å². The van der Waals surface area contributed by atoms with Crippen LogP contribution in [-0.4, -0.2) is 50.1 Å². The first kappa shape index (κ1) is 28.2. The van der Waals surface area contributed by atoms with Crippen LogP contribution in [0.3, 0.4) is 0 Å².